The van der Waals surface area contributed by atoms with Crippen molar-refractivity contribution in [1.29, 1.82) is 0 Å². The van der Waals surface area contributed by atoms with Gasteiger partial charge in [0.15, 0.2) is 0 Å². The Balaban J connectivity index is 2.39. The molecule has 0 bridgehead atoms. The molecule has 0 radical (unpaired) electrons. The fourth-order valence-electron chi connectivity index (χ4n) is 2.29. The lowest BCUT2D eigenvalue weighted by atomic mass is 9.77. The van der Waals surface area contributed by atoms with Crippen LogP contribution in [0, 0.1) is 13.8 Å². The van der Waals surface area contributed by atoms with Crippen molar-refractivity contribution in [2.45, 2.75) is 32.1 Å². The number of rotatable bonds is 2. The predicted molar refractivity (Wildman–Crippen MR) is 65.0 cm³/mol. The van der Waals surface area contributed by atoms with Gasteiger partial charge in [-0.05, 0) is 43.4 Å². The van der Waals surface area contributed by atoms with E-state index in [2.05, 4.69) is 44.2 Å². The Morgan fingerprint density at radius 3 is 2.33 bits per heavy atom. The van der Waals surface area contributed by atoms with Crippen molar-refractivity contribution < 1.29 is 0 Å². The highest BCUT2D eigenvalue weighted by Gasteiger charge is 2.31. The van der Waals surface area contributed by atoms with Gasteiger partial charge in [0.2, 0.25) is 0 Å². The Bertz CT molecular complexity index is 382. The van der Waals surface area contributed by atoms with Gasteiger partial charge >= 0.3 is 0 Å². The third-order valence-electron chi connectivity index (χ3n) is 3.69. The molecule has 0 heterocycles. The third-order valence-corrected chi connectivity index (χ3v) is 3.69. The predicted octanol–water partition coefficient (Wildman–Crippen LogP) is 2.85. The van der Waals surface area contributed by atoms with Crippen LogP contribution in [0.1, 0.15) is 29.5 Å². The molecular formula is C14H19N. The molecule has 1 aliphatic carbocycles. The van der Waals surface area contributed by atoms with E-state index in [-0.39, 0.29) is 5.41 Å². The van der Waals surface area contributed by atoms with Gasteiger partial charge in [-0.15, -0.1) is 0 Å². The first kappa shape index (κ1) is 10.4. The normalized spacial score (nSPS) is 18.3. The molecule has 15 heavy (non-hydrogen) atoms. The summed E-state index contributed by atoms with van der Waals surface area (Å²) in [5.41, 5.74) is 10.3. The maximum absolute atomic E-state index is 5.95. The molecule has 0 saturated carbocycles. The van der Waals surface area contributed by atoms with Gasteiger partial charge in [0.25, 0.3) is 0 Å². The van der Waals surface area contributed by atoms with Crippen molar-refractivity contribution in [3.05, 3.63) is 47.0 Å². The first-order valence-corrected chi connectivity index (χ1v) is 5.61. The molecule has 2 rings (SSSR count). The van der Waals surface area contributed by atoms with E-state index in [4.69, 9.17) is 5.73 Å². The molecule has 0 amide bonds. The highest BCUT2D eigenvalue weighted by molar-refractivity contribution is 5.37. The van der Waals surface area contributed by atoms with E-state index in [1.807, 2.05) is 0 Å². The first-order chi connectivity index (χ1) is 7.18. The Labute approximate surface area is 92.0 Å². The summed E-state index contributed by atoms with van der Waals surface area (Å²) in [7, 11) is 0. The van der Waals surface area contributed by atoms with Crippen molar-refractivity contribution >= 4 is 0 Å². The van der Waals surface area contributed by atoms with E-state index in [9.17, 15) is 0 Å². The molecule has 0 aromatic heterocycles. The highest BCUT2D eigenvalue weighted by Crippen LogP contribution is 2.36. The number of aryl methyl sites for hydroxylation is 2. The van der Waals surface area contributed by atoms with Crippen LogP contribution in [0.25, 0.3) is 0 Å². The molecule has 80 valence electrons. The second-order valence-corrected chi connectivity index (χ2v) is 4.66. The van der Waals surface area contributed by atoms with Crippen molar-refractivity contribution in [3.63, 3.8) is 0 Å². The topological polar surface area (TPSA) is 26.0 Å². The van der Waals surface area contributed by atoms with Crippen LogP contribution in [-0.4, -0.2) is 6.54 Å². The molecule has 2 N–H and O–H groups in total. The van der Waals surface area contributed by atoms with E-state index in [1.165, 1.54) is 16.7 Å². The zero-order chi connectivity index (χ0) is 10.9. The first-order valence-electron chi connectivity index (χ1n) is 5.61. The van der Waals surface area contributed by atoms with Gasteiger partial charge in [-0.2, -0.15) is 0 Å². The molecule has 0 saturated heterocycles. The zero-order valence-corrected chi connectivity index (χ0v) is 9.59. The molecule has 0 fully saturated rings. The Morgan fingerprint density at radius 1 is 1.13 bits per heavy atom. The summed E-state index contributed by atoms with van der Waals surface area (Å²) in [5.74, 6) is 0. The van der Waals surface area contributed by atoms with Crippen molar-refractivity contribution in [2.24, 2.45) is 5.73 Å². The summed E-state index contributed by atoms with van der Waals surface area (Å²) in [4.78, 5) is 0. The smallest absolute Gasteiger partial charge is 0.0144 e. The average molecular weight is 201 g/mol. The van der Waals surface area contributed by atoms with Gasteiger partial charge in [-0.1, -0.05) is 30.4 Å². The van der Waals surface area contributed by atoms with E-state index in [1.54, 1.807) is 0 Å². The second kappa shape index (κ2) is 3.82. The van der Waals surface area contributed by atoms with E-state index >= 15 is 0 Å². The Kier molecular flexibility index (Phi) is 2.66. The van der Waals surface area contributed by atoms with Gasteiger partial charge in [0, 0.05) is 12.0 Å². The number of benzene rings is 1. The Hall–Kier alpha value is -1.08. The summed E-state index contributed by atoms with van der Waals surface area (Å²) in [6.45, 7) is 5.06. The Morgan fingerprint density at radius 2 is 1.80 bits per heavy atom. The third kappa shape index (κ3) is 1.72. The van der Waals surface area contributed by atoms with Gasteiger partial charge in [-0.25, -0.2) is 0 Å². The van der Waals surface area contributed by atoms with Crippen LogP contribution in [0.3, 0.4) is 0 Å². The van der Waals surface area contributed by atoms with Gasteiger partial charge in [0.1, 0.15) is 0 Å². The van der Waals surface area contributed by atoms with E-state index in [0.717, 1.165) is 19.4 Å². The number of nitrogens with two attached hydrogens (primary N) is 1. The fraction of sp³-hybridized carbons (Fsp3) is 0.429. The minimum Gasteiger partial charge on any atom is -0.330 e. The maximum atomic E-state index is 5.95. The summed E-state index contributed by atoms with van der Waals surface area (Å²) < 4.78 is 0. The van der Waals surface area contributed by atoms with Crippen LogP contribution in [0.5, 0.6) is 0 Å². The monoisotopic (exact) mass is 201 g/mol. The molecule has 1 nitrogen and oxygen atoms in total. The summed E-state index contributed by atoms with van der Waals surface area (Å²) in [5, 5.41) is 0. The lowest BCUT2D eigenvalue weighted by Crippen LogP contribution is -2.32. The van der Waals surface area contributed by atoms with E-state index < -0.39 is 0 Å². The minimum absolute atomic E-state index is 0.179. The van der Waals surface area contributed by atoms with Crippen LogP contribution >= 0.6 is 0 Å². The molecule has 0 unspecified atom stereocenters. The summed E-state index contributed by atoms with van der Waals surface area (Å²) in [6.07, 6.45) is 6.68. The van der Waals surface area contributed by atoms with Crippen molar-refractivity contribution in [3.8, 4) is 0 Å². The summed E-state index contributed by atoms with van der Waals surface area (Å²) in [6, 6.07) is 6.75. The zero-order valence-electron chi connectivity index (χ0n) is 9.59. The largest absolute Gasteiger partial charge is 0.330 e. The van der Waals surface area contributed by atoms with Crippen LogP contribution in [-0.2, 0) is 5.41 Å². The SMILES string of the molecule is Cc1ccc(C2(CN)CC=CC2)cc1C. The standard InChI is InChI=1S/C14H19N/c1-11-5-6-13(9-12(11)2)14(10-15)7-3-4-8-14/h3-6,9H,7-8,10,15H2,1-2H3. The fourth-order valence-corrected chi connectivity index (χ4v) is 2.29. The second-order valence-electron chi connectivity index (χ2n) is 4.66. The molecule has 1 aliphatic rings. The van der Waals surface area contributed by atoms with Gasteiger partial charge < -0.3 is 5.73 Å². The van der Waals surface area contributed by atoms with E-state index in [0.29, 0.717) is 0 Å². The maximum Gasteiger partial charge on any atom is 0.0144 e. The minimum atomic E-state index is 0.179. The van der Waals surface area contributed by atoms with Crippen LogP contribution in [0.2, 0.25) is 0 Å². The lowest BCUT2D eigenvalue weighted by Gasteiger charge is -2.28. The molecule has 0 spiro atoms. The van der Waals surface area contributed by atoms with Crippen molar-refractivity contribution in [2.75, 3.05) is 6.54 Å². The summed E-state index contributed by atoms with van der Waals surface area (Å²) >= 11 is 0. The average Bonchev–Trinajstić information content (AvgIpc) is 2.72. The molecular weight excluding hydrogens is 182 g/mol. The number of hydrogen-bond donors (Lipinski definition) is 1. The van der Waals surface area contributed by atoms with Crippen LogP contribution in [0.4, 0.5) is 0 Å². The molecule has 1 heteroatoms. The number of allylic oxidation sites excluding steroid dienone is 2. The molecule has 0 aliphatic heterocycles. The molecule has 1 aromatic rings. The molecule has 0 atom stereocenters. The van der Waals surface area contributed by atoms with Gasteiger partial charge in [0.05, 0.1) is 0 Å². The van der Waals surface area contributed by atoms with Crippen molar-refractivity contribution in [1.82, 2.24) is 0 Å². The van der Waals surface area contributed by atoms with Gasteiger partial charge in [-0.3, -0.25) is 0 Å². The highest BCUT2D eigenvalue weighted by atomic mass is 14.6. The lowest BCUT2D eigenvalue weighted by molar-refractivity contribution is 0.470. The number of hydrogen-bond acceptors (Lipinski definition) is 1. The van der Waals surface area contributed by atoms with Crippen LogP contribution in [0.15, 0.2) is 30.4 Å². The molecule has 1 aromatic carbocycles. The van der Waals surface area contributed by atoms with Crippen LogP contribution < -0.4 is 5.73 Å². The quantitative estimate of drug-likeness (QED) is 0.732.